The van der Waals surface area contributed by atoms with Crippen molar-refractivity contribution in [1.29, 1.82) is 0 Å². The number of aliphatic hydroxyl groups excluding tert-OH is 1. The zero-order valence-electron chi connectivity index (χ0n) is 16.8. The van der Waals surface area contributed by atoms with Crippen molar-refractivity contribution in [2.45, 2.75) is 43.7 Å². The molecule has 0 bridgehead atoms. The number of ether oxygens (including phenoxy) is 1. The van der Waals surface area contributed by atoms with Crippen molar-refractivity contribution in [1.82, 2.24) is 4.31 Å². The number of piperidine rings is 1. The number of nitrogens with one attached hydrogen (secondary N) is 1. The number of carbonyl (C=O) groups is 1. The fraction of sp³-hybridized carbons (Fsp3) is 0.381. The number of rotatable bonds is 5. The van der Waals surface area contributed by atoms with Gasteiger partial charge in [-0.05, 0) is 74.7 Å². The number of anilines is 1. The van der Waals surface area contributed by atoms with Crippen molar-refractivity contribution < 1.29 is 23.1 Å². The third-order valence-electron chi connectivity index (χ3n) is 5.16. The van der Waals surface area contributed by atoms with Gasteiger partial charge in [-0.3, -0.25) is 4.79 Å². The van der Waals surface area contributed by atoms with Gasteiger partial charge >= 0.3 is 0 Å². The molecule has 1 saturated heterocycles. The average molecular weight is 419 g/mol. The number of aliphatic hydroxyl groups is 1. The number of hydrogen-bond acceptors (Lipinski definition) is 5. The first kappa shape index (κ1) is 21.3. The van der Waals surface area contributed by atoms with E-state index in [9.17, 15) is 18.3 Å². The minimum Gasteiger partial charge on any atom is -0.496 e. The summed E-state index contributed by atoms with van der Waals surface area (Å²) in [7, 11) is -2.08. The van der Waals surface area contributed by atoms with Gasteiger partial charge in [0.1, 0.15) is 5.75 Å². The van der Waals surface area contributed by atoms with E-state index >= 15 is 0 Å². The SMILES string of the molecule is COc1ccc(C(=O)Nc2ccc(S(=O)(=O)N3CCC(O)CC3C)cc2)cc1C. The van der Waals surface area contributed by atoms with Crippen LogP contribution in [0.4, 0.5) is 5.69 Å². The number of sulfonamides is 1. The van der Waals surface area contributed by atoms with Gasteiger partial charge < -0.3 is 15.2 Å². The number of aryl methyl sites for hydroxylation is 1. The van der Waals surface area contributed by atoms with Crippen LogP contribution in [-0.2, 0) is 10.0 Å². The van der Waals surface area contributed by atoms with Crippen LogP contribution in [0.1, 0.15) is 35.7 Å². The normalized spacial score (nSPS) is 20.3. The Morgan fingerprint density at radius 2 is 1.90 bits per heavy atom. The van der Waals surface area contributed by atoms with Crippen molar-refractivity contribution in [3.63, 3.8) is 0 Å². The monoisotopic (exact) mass is 418 g/mol. The molecular weight excluding hydrogens is 392 g/mol. The maximum atomic E-state index is 12.9. The summed E-state index contributed by atoms with van der Waals surface area (Å²) in [5.74, 6) is 0.417. The first-order valence-corrected chi connectivity index (χ1v) is 10.9. The molecule has 3 rings (SSSR count). The quantitative estimate of drug-likeness (QED) is 0.778. The molecule has 0 saturated carbocycles. The largest absolute Gasteiger partial charge is 0.496 e. The van der Waals surface area contributed by atoms with Crippen molar-refractivity contribution in [2.24, 2.45) is 0 Å². The maximum absolute atomic E-state index is 12.9. The van der Waals surface area contributed by atoms with E-state index in [0.29, 0.717) is 36.4 Å². The molecule has 0 aliphatic carbocycles. The predicted molar refractivity (Wildman–Crippen MR) is 111 cm³/mol. The molecular formula is C21H26N2O5S. The highest BCUT2D eigenvalue weighted by molar-refractivity contribution is 7.89. The highest BCUT2D eigenvalue weighted by atomic mass is 32.2. The summed E-state index contributed by atoms with van der Waals surface area (Å²) in [6.45, 7) is 3.95. The van der Waals surface area contributed by atoms with Crippen LogP contribution >= 0.6 is 0 Å². The van der Waals surface area contributed by atoms with Crippen LogP contribution in [0.3, 0.4) is 0 Å². The summed E-state index contributed by atoms with van der Waals surface area (Å²) < 4.78 is 32.4. The van der Waals surface area contributed by atoms with Crippen molar-refractivity contribution in [3.05, 3.63) is 53.6 Å². The molecule has 2 unspecified atom stereocenters. The Kier molecular flexibility index (Phi) is 6.26. The molecule has 1 fully saturated rings. The molecule has 0 spiro atoms. The Morgan fingerprint density at radius 3 is 2.48 bits per heavy atom. The van der Waals surface area contributed by atoms with Crippen LogP contribution in [0.25, 0.3) is 0 Å². The third kappa shape index (κ3) is 4.60. The summed E-state index contributed by atoms with van der Waals surface area (Å²) in [6, 6.07) is 11.0. The van der Waals surface area contributed by atoms with Gasteiger partial charge in [0, 0.05) is 23.8 Å². The van der Waals surface area contributed by atoms with E-state index in [0.717, 1.165) is 5.56 Å². The smallest absolute Gasteiger partial charge is 0.255 e. The topological polar surface area (TPSA) is 95.9 Å². The van der Waals surface area contributed by atoms with Gasteiger partial charge in [-0.1, -0.05) is 0 Å². The Bertz CT molecular complexity index is 989. The van der Waals surface area contributed by atoms with E-state index in [2.05, 4.69) is 5.32 Å². The molecule has 2 N–H and O–H groups in total. The highest BCUT2D eigenvalue weighted by Gasteiger charge is 2.33. The molecule has 2 atom stereocenters. The number of hydrogen-bond donors (Lipinski definition) is 2. The first-order chi connectivity index (χ1) is 13.7. The molecule has 156 valence electrons. The van der Waals surface area contributed by atoms with Crippen molar-refractivity contribution in [2.75, 3.05) is 19.0 Å². The summed E-state index contributed by atoms with van der Waals surface area (Å²) >= 11 is 0. The second kappa shape index (κ2) is 8.52. The van der Waals surface area contributed by atoms with Crippen LogP contribution in [-0.4, -0.2) is 49.5 Å². The zero-order chi connectivity index (χ0) is 21.2. The van der Waals surface area contributed by atoms with Crippen molar-refractivity contribution in [3.8, 4) is 5.75 Å². The van der Waals surface area contributed by atoms with E-state index in [1.54, 1.807) is 44.4 Å². The number of nitrogens with zero attached hydrogens (tertiary/aromatic N) is 1. The Morgan fingerprint density at radius 1 is 1.21 bits per heavy atom. The third-order valence-corrected chi connectivity index (χ3v) is 7.19. The molecule has 29 heavy (non-hydrogen) atoms. The van der Waals surface area contributed by atoms with E-state index in [4.69, 9.17) is 4.74 Å². The lowest BCUT2D eigenvalue weighted by Crippen LogP contribution is -2.45. The Labute approximate surface area is 171 Å². The van der Waals surface area contributed by atoms with E-state index in [-0.39, 0.29) is 16.8 Å². The molecule has 1 heterocycles. The fourth-order valence-corrected chi connectivity index (χ4v) is 5.21. The molecule has 2 aromatic rings. The summed E-state index contributed by atoms with van der Waals surface area (Å²) in [4.78, 5) is 12.6. The number of methoxy groups -OCH3 is 1. The lowest BCUT2D eigenvalue weighted by atomic mass is 10.0. The summed E-state index contributed by atoms with van der Waals surface area (Å²) in [5, 5.41) is 12.5. The van der Waals surface area contributed by atoms with Crippen LogP contribution in [0.5, 0.6) is 5.75 Å². The minimum atomic E-state index is -3.65. The van der Waals surface area contributed by atoms with Gasteiger partial charge in [-0.15, -0.1) is 0 Å². The van der Waals surface area contributed by atoms with Crippen LogP contribution in [0, 0.1) is 6.92 Å². The number of amides is 1. The molecule has 1 aliphatic rings. The lowest BCUT2D eigenvalue weighted by Gasteiger charge is -2.34. The molecule has 1 amide bonds. The molecule has 8 heteroatoms. The fourth-order valence-electron chi connectivity index (χ4n) is 3.55. The molecule has 2 aromatic carbocycles. The van der Waals surface area contributed by atoms with Gasteiger partial charge in [0.15, 0.2) is 0 Å². The predicted octanol–water partition coefficient (Wildman–Crippen LogP) is 2.79. The van der Waals surface area contributed by atoms with Gasteiger partial charge in [-0.25, -0.2) is 8.42 Å². The van der Waals surface area contributed by atoms with Crippen molar-refractivity contribution >= 4 is 21.6 Å². The van der Waals surface area contributed by atoms with E-state index < -0.39 is 16.1 Å². The maximum Gasteiger partial charge on any atom is 0.255 e. The van der Waals surface area contributed by atoms with Gasteiger partial charge in [0.25, 0.3) is 5.91 Å². The molecule has 0 radical (unpaired) electrons. The Balaban J connectivity index is 1.73. The summed E-state index contributed by atoms with van der Waals surface area (Å²) in [6.07, 6.45) is 0.392. The van der Waals surface area contributed by atoms with Gasteiger partial charge in [0.2, 0.25) is 10.0 Å². The van der Waals surface area contributed by atoms with Crippen LogP contribution in [0.15, 0.2) is 47.4 Å². The Hall–Kier alpha value is -2.42. The average Bonchev–Trinajstić information content (AvgIpc) is 2.68. The van der Waals surface area contributed by atoms with E-state index in [1.807, 2.05) is 6.92 Å². The standard InChI is InChI=1S/C21H26N2O5S/c1-14-12-16(4-9-20(14)28-3)21(25)22-17-5-7-19(8-6-17)29(26,27)23-11-10-18(24)13-15(23)2/h4-9,12,15,18,24H,10-11,13H2,1-3H3,(H,22,25). The second-order valence-corrected chi connectivity index (χ2v) is 9.20. The van der Waals surface area contributed by atoms with Crippen LogP contribution < -0.4 is 10.1 Å². The summed E-state index contributed by atoms with van der Waals surface area (Å²) in [5.41, 5.74) is 1.84. The van der Waals surface area contributed by atoms with Gasteiger partial charge in [-0.2, -0.15) is 4.31 Å². The lowest BCUT2D eigenvalue weighted by molar-refractivity contribution is 0.0867. The molecule has 0 aromatic heterocycles. The second-order valence-electron chi connectivity index (χ2n) is 7.31. The van der Waals surface area contributed by atoms with E-state index in [1.165, 1.54) is 16.4 Å². The van der Waals surface area contributed by atoms with Gasteiger partial charge in [0.05, 0.1) is 18.1 Å². The highest BCUT2D eigenvalue weighted by Crippen LogP contribution is 2.26. The molecule has 1 aliphatic heterocycles. The minimum absolute atomic E-state index is 0.166. The van der Waals surface area contributed by atoms with Crippen LogP contribution in [0.2, 0.25) is 0 Å². The number of benzene rings is 2. The molecule has 7 nitrogen and oxygen atoms in total. The first-order valence-electron chi connectivity index (χ1n) is 9.48. The zero-order valence-corrected chi connectivity index (χ0v) is 17.6. The number of carbonyl (C=O) groups excluding carboxylic acids is 1.